The molecule has 1 amide bonds. The predicted molar refractivity (Wildman–Crippen MR) is 73.7 cm³/mol. The van der Waals surface area contributed by atoms with Gasteiger partial charge in [0.05, 0.1) is 10.5 Å². The summed E-state index contributed by atoms with van der Waals surface area (Å²) >= 11 is 0. The van der Waals surface area contributed by atoms with Crippen molar-refractivity contribution in [1.29, 1.82) is 0 Å². The van der Waals surface area contributed by atoms with Crippen molar-refractivity contribution in [3.05, 3.63) is 33.9 Å². The van der Waals surface area contributed by atoms with Gasteiger partial charge in [-0.2, -0.15) is 0 Å². The summed E-state index contributed by atoms with van der Waals surface area (Å²) < 4.78 is 5.48. The Bertz CT molecular complexity index is 540. The molecule has 1 aliphatic rings. The summed E-state index contributed by atoms with van der Waals surface area (Å²) in [5.41, 5.74) is 0.510. The Kier molecular flexibility index (Phi) is 4.01. The molecule has 20 heavy (non-hydrogen) atoms. The number of nitrogens with zero attached hydrogens (tertiary/aromatic N) is 1. The Balaban J connectivity index is 1.98. The fraction of sp³-hybridized carbons (Fsp3) is 0.462. The van der Waals surface area contributed by atoms with Gasteiger partial charge in [-0.25, -0.2) is 0 Å². The molecule has 2 N–H and O–H groups in total. The molecule has 0 aromatic heterocycles. The van der Waals surface area contributed by atoms with E-state index in [0.29, 0.717) is 13.1 Å². The Morgan fingerprint density at radius 3 is 2.80 bits per heavy atom. The summed E-state index contributed by atoms with van der Waals surface area (Å²) in [6.45, 7) is 4.94. The second kappa shape index (κ2) is 5.56. The number of carbonyl (C=O) groups excluding carboxylic acids is 1. The van der Waals surface area contributed by atoms with E-state index in [9.17, 15) is 14.9 Å². The van der Waals surface area contributed by atoms with Crippen LogP contribution in [0.3, 0.4) is 0 Å². The van der Waals surface area contributed by atoms with Gasteiger partial charge in [0.15, 0.2) is 0 Å². The molecule has 0 atom stereocenters. The molecule has 108 valence electrons. The number of rotatable bonds is 5. The van der Waals surface area contributed by atoms with E-state index in [4.69, 9.17) is 4.74 Å². The lowest BCUT2D eigenvalue weighted by Gasteiger charge is -2.38. The predicted octanol–water partition coefficient (Wildman–Crippen LogP) is 1.22. The number of amides is 1. The molecule has 0 unspecified atom stereocenters. The number of hydrogen-bond donors (Lipinski definition) is 2. The number of anilines is 1. The highest BCUT2D eigenvalue weighted by atomic mass is 16.6. The highest BCUT2D eigenvalue weighted by molar-refractivity contribution is 5.94. The average Bonchev–Trinajstić information content (AvgIpc) is 2.36. The molecule has 1 heterocycles. The summed E-state index contributed by atoms with van der Waals surface area (Å²) in [6, 6.07) is 4.66. The van der Waals surface area contributed by atoms with Crippen LogP contribution < -0.4 is 10.6 Å². The molecular weight excluding hydrogens is 262 g/mol. The second-order valence-corrected chi connectivity index (χ2v) is 5.17. The Hall–Kier alpha value is -1.99. The number of nitro groups is 1. The van der Waals surface area contributed by atoms with E-state index in [-0.39, 0.29) is 23.6 Å². The highest BCUT2D eigenvalue weighted by Crippen LogP contribution is 2.25. The quantitative estimate of drug-likeness (QED) is 0.624. The maximum atomic E-state index is 11.8. The van der Waals surface area contributed by atoms with Crippen LogP contribution in [0.2, 0.25) is 0 Å². The number of hydrogen-bond acceptors (Lipinski definition) is 5. The zero-order valence-electron chi connectivity index (χ0n) is 11.4. The molecule has 0 aliphatic carbocycles. The molecule has 0 bridgehead atoms. The number of nitro benzene ring substituents is 1. The van der Waals surface area contributed by atoms with Crippen molar-refractivity contribution in [2.24, 2.45) is 0 Å². The first-order valence-corrected chi connectivity index (χ1v) is 6.29. The topological polar surface area (TPSA) is 93.5 Å². The summed E-state index contributed by atoms with van der Waals surface area (Å²) in [4.78, 5) is 22.2. The molecule has 0 radical (unpaired) electrons. The highest BCUT2D eigenvalue weighted by Gasteiger charge is 2.33. The van der Waals surface area contributed by atoms with Crippen LogP contribution in [0.4, 0.5) is 11.4 Å². The molecule has 1 aromatic carbocycles. The molecule has 1 aliphatic heterocycles. The van der Waals surface area contributed by atoms with Crippen molar-refractivity contribution >= 4 is 17.3 Å². The van der Waals surface area contributed by atoms with E-state index >= 15 is 0 Å². The fourth-order valence-corrected chi connectivity index (χ4v) is 1.90. The maximum Gasteiger partial charge on any atom is 0.293 e. The number of benzene rings is 1. The first-order chi connectivity index (χ1) is 9.39. The van der Waals surface area contributed by atoms with Gasteiger partial charge in [0.25, 0.3) is 11.6 Å². The monoisotopic (exact) mass is 279 g/mol. The van der Waals surface area contributed by atoms with Gasteiger partial charge in [0, 0.05) is 19.2 Å². The Morgan fingerprint density at radius 2 is 2.25 bits per heavy atom. The van der Waals surface area contributed by atoms with Crippen molar-refractivity contribution < 1.29 is 14.5 Å². The largest absolute Gasteiger partial charge is 0.363 e. The SMILES string of the molecule is Cc1ccc(NC(=O)COC2(C)CNC2)c([N+](=O)[O-])c1. The van der Waals surface area contributed by atoms with Gasteiger partial charge in [-0.3, -0.25) is 14.9 Å². The van der Waals surface area contributed by atoms with E-state index in [1.807, 2.05) is 6.92 Å². The second-order valence-electron chi connectivity index (χ2n) is 5.17. The summed E-state index contributed by atoms with van der Waals surface area (Å²) in [5, 5.41) is 16.5. The maximum absolute atomic E-state index is 11.8. The fourth-order valence-electron chi connectivity index (χ4n) is 1.90. The van der Waals surface area contributed by atoms with E-state index in [0.717, 1.165) is 5.56 Å². The molecule has 0 spiro atoms. The van der Waals surface area contributed by atoms with Crippen LogP contribution in [0.25, 0.3) is 0 Å². The molecule has 0 saturated carbocycles. The lowest BCUT2D eigenvalue weighted by atomic mass is 10.0. The van der Waals surface area contributed by atoms with Crippen LogP contribution in [0, 0.1) is 17.0 Å². The third kappa shape index (κ3) is 3.31. The third-order valence-electron chi connectivity index (χ3n) is 3.17. The zero-order chi connectivity index (χ0) is 14.8. The van der Waals surface area contributed by atoms with E-state index in [1.54, 1.807) is 13.0 Å². The summed E-state index contributed by atoms with van der Waals surface area (Å²) in [5.74, 6) is -0.398. The molecular formula is C13H17N3O4. The minimum atomic E-state index is -0.513. The van der Waals surface area contributed by atoms with E-state index in [2.05, 4.69) is 10.6 Å². The lowest BCUT2D eigenvalue weighted by molar-refractivity contribution is -0.384. The van der Waals surface area contributed by atoms with Gasteiger partial charge in [-0.05, 0) is 25.5 Å². The van der Waals surface area contributed by atoms with Gasteiger partial charge < -0.3 is 15.4 Å². The first kappa shape index (κ1) is 14.4. The molecule has 1 saturated heterocycles. The molecule has 1 fully saturated rings. The van der Waals surface area contributed by atoms with Crippen LogP contribution in [0.15, 0.2) is 18.2 Å². The minimum absolute atomic E-state index is 0.116. The van der Waals surface area contributed by atoms with Crippen molar-refractivity contribution in [2.75, 3.05) is 25.0 Å². The van der Waals surface area contributed by atoms with E-state index < -0.39 is 10.8 Å². The molecule has 2 rings (SSSR count). The van der Waals surface area contributed by atoms with Gasteiger partial charge in [0.2, 0.25) is 0 Å². The van der Waals surface area contributed by atoms with Gasteiger partial charge >= 0.3 is 0 Å². The van der Waals surface area contributed by atoms with Crippen LogP contribution in [-0.2, 0) is 9.53 Å². The lowest BCUT2D eigenvalue weighted by Crippen LogP contribution is -2.59. The van der Waals surface area contributed by atoms with Gasteiger partial charge in [-0.15, -0.1) is 0 Å². The van der Waals surface area contributed by atoms with Crippen molar-refractivity contribution in [2.45, 2.75) is 19.4 Å². The summed E-state index contributed by atoms with van der Waals surface area (Å²) in [7, 11) is 0. The number of carbonyl (C=O) groups is 1. The van der Waals surface area contributed by atoms with Crippen LogP contribution in [0.1, 0.15) is 12.5 Å². The van der Waals surface area contributed by atoms with Crippen molar-refractivity contribution in [3.63, 3.8) is 0 Å². The minimum Gasteiger partial charge on any atom is -0.363 e. The third-order valence-corrected chi connectivity index (χ3v) is 3.17. The average molecular weight is 279 g/mol. The first-order valence-electron chi connectivity index (χ1n) is 6.29. The normalized spacial score (nSPS) is 16.3. The number of ether oxygens (including phenoxy) is 1. The number of nitrogens with one attached hydrogen (secondary N) is 2. The Labute approximate surface area is 116 Å². The van der Waals surface area contributed by atoms with Crippen molar-refractivity contribution in [1.82, 2.24) is 5.32 Å². The molecule has 1 aromatic rings. The van der Waals surface area contributed by atoms with Gasteiger partial charge in [0.1, 0.15) is 12.3 Å². The summed E-state index contributed by atoms with van der Waals surface area (Å²) in [6.07, 6.45) is 0. The van der Waals surface area contributed by atoms with Crippen LogP contribution in [-0.4, -0.2) is 36.1 Å². The van der Waals surface area contributed by atoms with Gasteiger partial charge in [-0.1, -0.05) is 6.07 Å². The smallest absolute Gasteiger partial charge is 0.293 e. The van der Waals surface area contributed by atoms with Crippen LogP contribution in [0.5, 0.6) is 0 Å². The standard InChI is InChI=1S/C13H17N3O4/c1-9-3-4-10(11(5-9)16(18)19)15-12(17)6-20-13(2)7-14-8-13/h3-5,14H,6-8H2,1-2H3,(H,15,17). The Morgan fingerprint density at radius 1 is 1.55 bits per heavy atom. The van der Waals surface area contributed by atoms with Crippen LogP contribution >= 0.6 is 0 Å². The zero-order valence-corrected chi connectivity index (χ0v) is 11.4. The number of aryl methyl sites for hydroxylation is 1. The van der Waals surface area contributed by atoms with E-state index in [1.165, 1.54) is 12.1 Å². The molecule has 7 heteroatoms. The molecule has 7 nitrogen and oxygen atoms in total. The van der Waals surface area contributed by atoms with Crippen molar-refractivity contribution in [3.8, 4) is 0 Å².